The number of hydrogen-bond acceptors (Lipinski definition) is 5. The first-order valence-electron chi connectivity index (χ1n) is 6.85. The van der Waals surface area contributed by atoms with Gasteiger partial charge in [-0.2, -0.15) is 0 Å². The zero-order valence-corrected chi connectivity index (χ0v) is 13.7. The van der Waals surface area contributed by atoms with E-state index >= 15 is 0 Å². The average molecular weight is 317 g/mol. The molecular weight excluding hydrogens is 294 g/mol. The minimum atomic E-state index is -3.62. The predicted molar refractivity (Wildman–Crippen MR) is 80.4 cm³/mol. The molecule has 0 fully saturated rings. The monoisotopic (exact) mass is 317 g/mol. The van der Waals surface area contributed by atoms with E-state index in [-0.39, 0.29) is 10.9 Å². The molecule has 1 atom stereocenters. The Labute approximate surface area is 126 Å². The molecule has 6 nitrogen and oxygen atoms in total. The maximum absolute atomic E-state index is 12.3. The van der Waals surface area contributed by atoms with Gasteiger partial charge >= 0.3 is 0 Å². The van der Waals surface area contributed by atoms with Crippen LogP contribution < -0.4 is 14.2 Å². The van der Waals surface area contributed by atoms with Crippen molar-refractivity contribution in [2.24, 2.45) is 0 Å². The minimum absolute atomic E-state index is 0.136. The third-order valence-corrected chi connectivity index (χ3v) is 4.19. The fraction of sp³-hybridized carbons (Fsp3) is 0.571. The van der Waals surface area contributed by atoms with E-state index in [4.69, 9.17) is 14.2 Å². The predicted octanol–water partition coefficient (Wildman–Crippen LogP) is 1.80. The van der Waals surface area contributed by atoms with Gasteiger partial charge in [-0.1, -0.05) is 0 Å². The lowest BCUT2D eigenvalue weighted by atomic mass is 10.3. The number of ether oxygens (including phenoxy) is 3. The summed E-state index contributed by atoms with van der Waals surface area (Å²) in [5, 5.41) is 0. The van der Waals surface area contributed by atoms with Crippen molar-refractivity contribution in [3.8, 4) is 11.5 Å². The third-order valence-electron chi connectivity index (χ3n) is 2.60. The SMILES string of the molecule is CCOc1ccc(S(=O)(=O)N[C@H](C)COC)cc1OCC. The Morgan fingerprint density at radius 2 is 1.76 bits per heavy atom. The van der Waals surface area contributed by atoms with Gasteiger partial charge in [0.15, 0.2) is 11.5 Å². The van der Waals surface area contributed by atoms with Crippen LogP contribution in [0.1, 0.15) is 20.8 Å². The van der Waals surface area contributed by atoms with Crippen LogP contribution in [0.5, 0.6) is 11.5 Å². The van der Waals surface area contributed by atoms with Crippen LogP contribution in [0.2, 0.25) is 0 Å². The molecule has 0 radical (unpaired) electrons. The van der Waals surface area contributed by atoms with Crippen molar-refractivity contribution in [2.45, 2.75) is 31.7 Å². The summed E-state index contributed by atoms with van der Waals surface area (Å²) < 4.78 is 42.9. The molecule has 0 aliphatic rings. The first kappa shape index (κ1) is 17.7. The van der Waals surface area contributed by atoms with Crippen LogP contribution in [-0.2, 0) is 14.8 Å². The molecular formula is C14H23NO5S. The summed E-state index contributed by atoms with van der Waals surface area (Å²) in [5.41, 5.74) is 0. The maximum atomic E-state index is 12.3. The van der Waals surface area contributed by atoms with E-state index in [0.29, 0.717) is 31.3 Å². The van der Waals surface area contributed by atoms with Crippen molar-refractivity contribution in [3.63, 3.8) is 0 Å². The Bertz CT molecular complexity index is 544. The summed E-state index contributed by atoms with van der Waals surface area (Å²) in [7, 11) is -2.10. The van der Waals surface area contributed by atoms with E-state index < -0.39 is 10.0 Å². The molecule has 0 saturated carbocycles. The Morgan fingerprint density at radius 3 is 2.33 bits per heavy atom. The Morgan fingerprint density at radius 1 is 1.14 bits per heavy atom. The fourth-order valence-electron chi connectivity index (χ4n) is 1.82. The minimum Gasteiger partial charge on any atom is -0.490 e. The highest BCUT2D eigenvalue weighted by Gasteiger charge is 2.19. The second-order valence-electron chi connectivity index (χ2n) is 4.45. The van der Waals surface area contributed by atoms with Crippen LogP contribution in [0.15, 0.2) is 23.1 Å². The van der Waals surface area contributed by atoms with E-state index in [0.717, 1.165) is 0 Å². The summed E-state index contributed by atoms with van der Waals surface area (Å²) in [6.45, 7) is 6.63. The van der Waals surface area contributed by atoms with Crippen molar-refractivity contribution >= 4 is 10.0 Å². The molecule has 0 amide bonds. The number of hydrogen-bond donors (Lipinski definition) is 1. The zero-order chi connectivity index (χ0) is 15.9. The Kier molecular flexibility index (Phi) is 6.94. The molecule has 120 valence electrons. The van der Waals surface area contributed by atoms with Crippen LogP contribution in [0.3, 0.4) is 0 Å². The third kappa shape index (κ3) is 5.18. The van der Waals surface area contributed by atoms with Crippen LogP contribution in [0.25, 0.3) is 0 Å². The van der Waals surface area contributed by atoms with Crippen LogP contribution >= 0.6 is 0 Å². The smallest absolute Gasteiger partial charge is 0.241 e. The van der Waals surface area contributed by atoms with Crippen molar-refractivity contribution in [2.75, 3.05) is 26.9 Å². The summed E-state index contributed by atoms with van der Waals surface area (Å²) in [4.78, 5) is 0.136. The van der Waals surface area contributed by atoms with Gasteiger partial charge in [0, 0.05) is 19.2 Å². The maximum Gasteiger partial charge on any atom is 0.241 e. The average Bonchev–Trinajstić information content (AvgIpc) is 2.40. The second kappa shape index (κ2) is 8.21. The number of sulfonamides is 1. The summed E-state index contributed by atoms with van der Waals surface area (Å²) >= 11 is 0. The van der Waals surface area contributed by atoms with Crippen LogP contribution in [0.4, 0.5) is 0 Å². The lowest BCUT2D eigenvalue weighted by Crippen LogP contribution is -2.35. The van der Waals surface area contributed by atoms with E-state index in [1.165, 1.54) is 19.2 Å². The van der Waals surface area contributed by atoms with Gasteiger partial charge < -0.3 is 14.2 Å². The molecule has 7 heteroatoms. The van der Waals surface area contributed by atoms with Gasteiger partial charge in [0.05, 0.1) is 24.7 Å². The normalized spacial score (nSPS) is 13.0. The topological polar surface area (TPSA) is 73.9 Å². The molecule has 0 bridgehead atoms. The Balaban J connectivity index is 3.04. The van der Waals surface area contributed by atoms with E-state index in [1.54, 1.807) is 13.0 Å². The molecule has 21 heavy (non-hydrogen) atoms. The van der Waals surface area contributed by atoms with Gasteiger partial charge in [-0.15, -0.1) is 0 Å². The van der Waals surface area contributed by atoms with Crippen LogP contribution in [-0.4, -0.2) is 41.4 Å². The summed E-state index contributed by atoms with van der Waals surface area (Å²) in [5.74, 6) is 0.949. The van der Waals surface area contributed by atoms with Crippen molar-refractivity contribution in [1.29, 1.82) is 0 Å². The zero-order valence-electron chi connectivity index (χ0n) is 12.9. The quantitative estimate of drug-likeness (QED) is 0.752. The summed E-state index contributed by atoms with van der Waals surface area (Å²) in [6.07, 6.45) is 0. The Hall–Kier alpha value is -1.31. The van der Waals surface area contributed by atoms with E-state index in [1.807, 2.05) is 13.8 Å². The molecule has 0 aromatic heterocycles. The second-order valence-corrected chi connectivity index (χ2v) is 6.17. The molecule has 1 aromatic rings. The van der Waals surface area contributed by atoms with Gasteiger partial charge in [0.1, 0.15) is 0 Å². The number of benzene rings is 1. The van der Waals surface area contributed by atoms with E-state index in [2.05, 4.69) is 4.72 Å². The first-order valence-corrected chi connectivity index (χ1v) is 8.33. The molecule has 0 saturated heterocycles. The number of rotatable bonds is 9. The molecule has 0 heterocycles. The lowest BCUT2D eigenvalue weighted by molar-refractivity contribution is 0.180. The van der Waals surface area contributed by atoms with Gasteiger partial charge in [0.2, 0.25) is 10.0 Å². The van der Waals surface area contributed by atoms with Gasteiger partial charge in [-0.3, -0.25) is 0 Å². The standard InChI is InChI=1S/C14H23NO5S/c1-5-19-13-8-7-12(9-14(13)20-6-2)21(16,17)15-11(3)10-18-4/h7-9,11,15H,5-6,10H2,1-4H3/t11-/m1/s1. The lowest BCUT2D eigenvalue weighted by Gasteiger charge is -2.15. The van der Waals surface area contributed by atoms with Crippen molar-refractivity contribution in [1.82, 2.24) is 4.72 Å². The van der Waals surface area contributed by atoms with Gasteiger partial charge in [-0.05, 0) is 32.9 Å². The highest BCUT2D eigenvalue weighted by atomic mass is 32.2. The highest BCUT2D eigenvalue weighted by molar-refractivity contribution is 7.89. The van der Waals surface area contributed by atoms with Crippen molar-refractivity contribution < 1.29 is 22.6 Å². The molecule has 1 N–H and O–H groups in total. The van der Waals surface area contributed by atoms with Crippen molar-refractivity contribution in [3.05, 3.63) is 18.2 Å². The highest BCUT2D eigenvalue weighted by Crippen LogP contribution is 2.30. The summed E-state index contributed by atoms with van der Waals surface area (Å²) in [6, 6.07) is 4.25. The largest absolute Gasteiger partial charge is 0.490 e. The number of nitrogens with one attached hydrogen (secondary N) is 1. The molecule has 1 aromatic carbocycles. The van der Waals surface area contributed by atoms with Gasteiger partial charge in [0.25, 0.3) is 0 Å². The molecule has 1 rings (SSSR count). The van der Waals surface area contributed by atoms with Gasteiger partial charge in [-0.25, -0.2) is 13.1 Å². The van der Waals surface area contributed by atoms with E-state index in [9.17, 15) is 8.42 Å². The molecule has 0 spiro atoms. The first-order chi connectivity index (χ1) is 9.94. The number of methoxy groups -OCH3 is 1. The molecule has 0 aliphatic heterocycles. The van der Waals surface area contributed by atoms with Crippen LogP contribution in [0, 0.1) is 0 Å². The fourth-order valence-corrected chi connectivity index (χ4v) is 3.06. The molecule has 0 aliphatic carbocycles. The molecule has 0 unspecified atom stereocenters.